The summed E-state index contributed by atoms with van der Waals surface area (Å²) >= 11 is 0. The molecule has 2 unspecified atom stereocenters. The number of carbonyl (C=O) groups is 1. The first-order valence-electron chi connectivity index (χ1n) is 4.25. The summed E-state index contributed by atoms with van der Waals surface area (Å²) in [5.41, 5.74) is 0.700. The minimum atomic E-state index is -0.334. The Bertz CT molecular complexity index is 280. The van der Waals surface area contributed by atoms with E-state index in [1.807, 2.05) is 20.8 Å². The fourth-order valence-electron chi connectivity index (χ4n) is 1.79. The number of ketones is 1. The molecule has 0 amide bonds. The number of carbonyl (C=O) groups excluding carboxylic acids is 1. The molecule has 0 aliphatic heterocycles. The summed E-state index contributed by atoms with van der Waals surface area (Å²) in [4.78, 5) is 11.5. The molecule has 1 rings (SSSR count). The first kappa shape index (κ1) is 9.06. The molecule has 0 spiro atoms. The van der Waals surface area contributed by atoms with Gasteiger partial charge >= 0.3 is 0 Å². The number of terminal acetylenes is 1. The van der Waals surface area contributed by atoms with Crippen molar-refractivity contribution in [3.8, 4) is 12.3 Å². The van der Waals surface area contributed by atoms with Crippen molar-refractivity contribution in [3.63, 3.8) is 0 Å². The van der Waals surface area contributed by atoms with Crippen LogP contribution >= 0.6 is 0 Å². The van der Waals surface area contributed by atoms with Crippen LogP contribution < -0.4 is 0 Å². The van der Waals surface area contributed by atoms with Crippen molar-refractivity contribution in [3.05, 3.63) is 11.6 Å². The summed E-state index contributed by atoms with van der Waals surface area (Å²) in [6, 6.07) is 0. The molecule has 0 saturated heterocycles. The third kappa shape index (κ3) is 0.992. The van der Waals surface area contributed by atoms with Crippen LogP contribution in [0.15, 0.2) is 11.6 Å². The average molecular weight is 162 g/mol. The molecule has 0 aromatic rings. The highest BCUT2D eigenvalue weighted by Crippen LogP contribution is 2.41. The predicted molar refractivity (Wildman–Crippen MR) is 49.5 cm³/mol. The molecule has 2 atom stereocenters. The Morgan fingerprint density at radius 1 is 1.75 bits per heavy atom. The Hall–Kier alpha value is -1.03. The highest BCUT2D eigenvalue weighted by Gasteiger charge is 2.42. The molecule has 0 N–H and O–H groups in total. The molecule has 64 valence electrons. The van der Waals surface area contributed by atoms with Gasteiger partial charge in [-0.1, -0.05) is 25.3 Å². The van der Waals surface area contributed by atoms with Crippen LogP contribution in [0.4, 0.5) is 0 Å². The minimum absolute atomic E-state index is 0.00926. The number of hydrogen-bond donors (Lipinski definition) is 0. The van der Waals surface area contributed by atoms with E-state index in [-0.39, 0.29) is 17.1 Å². The maximum Gasteiger partial charge on any atom is 0.163 e. The van der Waals surface area contributed by atoms with Gasteiger partial charge in [0.25, 0.3) is 0 Å². The molecule has 0 heterocycles. The minimum Gasteiger partial charge on any atom is -0.294 e. The van der Waals surface area contributed by atoms with E-state index in [0.29, 0.717) is 0 Å². The zero-order valence-electron chi connectivity index (χ0n) is 7.85. The van der Waals surface area contributed by atoms with E-state index in [1.54, 1.807) is 6.08 Å². The number of allylic oxidation sites excluding steroid dienone is 2. The van der Waals surface area contributed by atoms with Gasteiger partial charge < -0.3 is 0 Å². The van der Waals surface area contributed by atoms with Crippen LogP contribution in [0.25, 0.3) is 0 Å². The van der Waals surface area contributed by atoms with E-state index in [4.69, 9.17) is 6.42 Å². The second-order valence-corrected chi connectivity index (χ2v) is 3.62. The second kappa shape index (κ2) is 2.79. The Morgan fingerprint density at radius 3 is 2.67 bits per heavy atom. The van der Waals surface area contributed by atoms with E-state index in [9.17, 15) is 4.79 Å². The van der Waals surface area contributed by atoms with E-state index in [0.717, 1.165) is 12.0 Å². The van der Waals surface area contributed by atoms with Gasteiger partial charge in [0.15, 0.2) is 5.78 Å². The molecule has 0 aromatic heterocycles. The van der Waals surface area contributed by atoms with Crippen molar-refractivity contribution < 1.29 is 4.79 Å². The van der Waals surface area contributed by atoms with E-state index in [1.165, 1.54) is 0 Å². The molecular weight excluding hydrogens is 148 g/mol. The van der Waals surface area contributed by atoms with Gasteiger partial charge in [-0.3, -0.25) is 4.79 Å². The van der Waals surface area contributed by atoms with Crippen LogP contribution in [0.3, 0.4) is 0 Å². The van der Waals surface area contributed by atoms with Gasteiger partial charge in [0, 0.05) is 5.41 Å². The highest BCUT2D eigenvalue weighted by molar-refractivity contribution is 5.99. The summed E-state index contributed by atoms with van der Waals surface area (Å²) in [6.45, 7) is 5.89. The zero-order valence-corrected chi connectivity index (χ0v) is 7.85. The van der Waals surface area contributed by atoms with Gasteiger partial charge in [0.05, 0.1) is 5.92 Å². The van der Waals surface area contributed by atoms with Crippen molar-refractivity contribution in [2.75, 3.05) is 0 Å². The summed E-state index contributed by atoms with van der Waals surface area (Å²) in [6.07, 6.45) is 7.90. The van der Waals surface area contributed by atoms with Crippen LogP contribution in [0.2, 0.25) is 0 Å². The first-order valence-corrected chi connectivity index (χ1v) is 4.25. The fraction of sp³-hybridized carbons (Fsp3) is 0.545. The van der Waals surface area contributed by atoms with Crippen LogP contribution in [0.5, 0.6) is 0 Å². The lowest BCUT2D eigenvalue weighted by Gasteiger charge is -2.26. The molecule has 0 radical (unpaired) electrons. The van der Waals surface area contributed by atoms with E-state index >= 15 is 0 Å². The lowest BCUT2D eigenvalue weighted by molar-refractivity contribution is -0.123. The quantitative estimate of drug-likeness (QED) is 0.540. The van der Waals surface area contributed by atoms with Gasteiger partial charge in [-0.2, -0.15) is 0 Å². The standard InChI is InChI=1S/C11H14O/c1-5-9-8(3)7-10(12)11(9,4)6-2/h1,7,9H,6H2,2-4H3. The monoisotopic (exact) mass is 162 g/mol. The number of rotatable bonds is 1. The number of hydrogen-bond acceptors (Lipinski definition) is 1. The van der Waals surface area contributed by atoms with Crippen LogP contribution in [0, 0.1) is 23.7 Å². The van der Waals surface area contributed by atoms with Crippen molar-refractivity contribution in [1.82, 2.24) is 0 Å². The molecule has 1 heteroatoms. The maximum absolute atomic E-state index is 11.5. The summed E-state index contributed by atoms with van der Waals surface area (Å²) in [7, 11) is 0. The van der Waals surface area contributed by atoms with Crippen molar-refractivity contribution in [2.24, 2.45) is 11.3 Å². The smallest absolute Gasteiger partial charge is 0.163 e. The summed E-state index contributed by atoms with van der Waals surface area (Å²) < 4.78 is 0. The van der Waals surface area contributed by atoms with Gasteiger partial charge in [-0.15, -0.1) is 6.42 Å². The van der Waals surface area contributed by atoms with Gasteiger partial charge in [0.2, 0.25) is 0 Å². The average Bonchev–Trinajstić information content (AvgIpc) is 2.24. The predicted octanol–water partition coefficient (Wildman–Crippen LogP) is 2.18. The summed E-state index contributed by atoms with van der Waals surface area (Å²) in [5.74, 6) is 2.89. The molecule has 0 bridgehead atoms. The topological polar surface area (TPSA) is 17.1 Å². The van der Waals surface area contributed by atoms with Crippen LogP contribution in [-0.2, 0) is 4.79 Å². The lowest BCUT2D eigenvalue weighted by Crippen LogP contribution is -2.28. The molecule has 1 aliphatic rings. The normalized spacial score (nSPS) is 34.7. The largest absolute Gasteiger partial charge is 0.294 e. The molecule has 1 nitrogen and oxygen atoms in total. The van der Waals surface area contributed by atoms with E-state index in [2.05, 4.69) is 5.92 Å². The van der Waals surface area contributed by atoms with Crippen molar-refractivity contribution in [2.45, 2.75) is 27.2 Å². The van der Waals surface area contributed by atoms with E-state index < -0.39 is 0 Å². The third-order valence-electron chi connectivity index (χ3n) is 2.92. The van der Waals surface area contributed by atoms with Gasteiger partial charge in [-0.25, -0.2) is 0 Å². The molecule has 0 saturated carbocycles. The first-order chi connectivity index (χ1) is 5.56. The molecule has 0 fully saturated rings. The molecular formula is C11H14O. The van der Waals surface area contributed by atoms with Gasteiger partial charge in [0.1, 0.15) is 0 Å². The molecule has 0 aromatic carbocycles. The Labute approximate surface area is 73.9 Å². The van der Waals surface area contributed by atoms with Gasteiger partial charge in [-0.05, 0) is 19.4 Å². The SMILES string of the molecule is C#CC1C(C)=CC(=O)C1(C)CC. The van der Waals surface area contributed by atoms with Crippen molar-refractivity contribution >= 4 is 5.78 Å². The molecule has 12 heavy (non-hydrogen) atoms. The van der Waals surface area contributed by atoms with Crippen LogP contribution in [0.1, 0.15) is 27.2 Å². The second-order valence-electron chi connectivity index (χ2n) is 3.62. The van der Waals surface area contributed by atoms with Crippen molar-refractivity contribution in [1.29, 1.82) is 0 Å². The lowest BCUT2D eigenvalue weighted by atomic mass is 9.75. The zero-order chi connectivity index (χ0) is 9.35. The Morgan fingerprint density at radius 2 is 2.33 bits per heavy atom. The summed E-state index contributed by atoms with van der Waals surface area (Å²) in [5, 5.41) is 0. The third-order valence-corrected chi connectivity index (χ3v) is 2.92. The maximum atomic E-state index is 11.5. The molecule has 1 aliphatic carbocycles. The Kier molecular flexibility index (Phi) is 2.10. The van der Waals surface area contributed by atoms with Crippen LogP contribution in [-0.4, -0.2) is 5.78 Å². The fourth-order valence-corrected chi connectivity index (χ4v) is 1.79. The highest BCUT2D eigenvalue weighted by atomic mass is 16.1. The Balaban J connectivity index is 3.08.